The highest BCUT2D eigenvalue weighted by Gasteiger charge is 2.27. The highest BCUT2D eigenvalue weighted by atomic mass is 16.2. The second-order valence-corrected chi connectivity index (χ2v) is 7.60. The smallest absolute Gasteiger partial charge is 0.242 e. The summed E-state index contributed by atoms with van der Waals surface area (Å²) in [6.07, 6.45) is 6.07. The summed E-state index contributed by atoms with van der Waals surface area (Å²) in [4.78, 5) is 31.0. The van der Waals surface area contributed by atoms with E-state index in [0.717, 1.165) is 25.9 Å². The average molecular weight is 357 g/mol. The van der Waals surface area contributed by atoms with Gasteiger partial charge >= 0.3 is 0 Å². The molecule has 3 rings (SSSR count). The van der Waals surface area contributed by atoms with Crippen molar-refractivity contribution in [2.24, 2.45) is 0 Å². The number of amides is 2. The monoisotopic (exact) mass is 357 g/mol. The molecule has 0 N–H and O–H groups in total. The van der Waals surface area contributed by atoms with Crippen molar-refractivity contribution in [3.05, 3.63) is 35.9 Å². The Labute approximate surface area is 156 Å². The number of hydrogen-bond acceptors (Lipinski definition) is 3. The van der Waals surface area contributed by atoms with Gasteiger partial charge in [-0.05, 0) is 44.8 Å². The first kappa shape index (κ1) is 18.9. The van der Waals surface area contributed by atoms with E-state index in [-0.39, 0.29) is 18.4 Å². The fraction of sp³-hybridized carbons (Fsp3) is 0.619. The lowest BCUT2D eigenvalue weighted by atomic mass is 9.98. The van der Waals surface area contributed by atoms with Gasteiger partial charge in [-0.1, -0.05) is 36.8 Å². The number of benzene rings is 1. The Morgan fingerprint density at radius 1 is 1.12 bits per heavy atom. The van der Waals surface area contributed by atoms with Crippen molar-refractivity contribution in [2.75, 3.05) is 39.8 Å². The zero-order valence-corrected chi connectivity index (χ0v) is 15.9. The van der Waals surface area contributed by atoms with Gasteiger partial charge in [0.25, 0.3) is 0 Å². The molecule has 1 aromatic carbocycles. The Balaban J connectivity index is 1.41. The zero-order valence-electron chi connectivity index (χ0n) is 15.9. The minimum atomic E-state index is 0.0790. The Bertz CT molecular complexity index is 605. The summed E-state index contributed by atoms with van der Waals surface area (Å²) in [5.41, 5.74) is 1.25. The maximum absolute atomic E-state index is 12.5. The second-order valence-electron chi connectivity index (χ2n) is 7.60. The Kier molecular flexibility index (Phi) is 6.67. The van der Waals surface area contributed by atoms with Gasteiger partial charge in [-0.2, -0.15) is 0 Å². The molecular formula is C21H31N3O2. The number of piperazine rings is 1. The van der Waals surface area contributed by atoms with Crippen molar-refractivity contribution >= 4 is 11.8 Å². The van der Waals surface area contributed by atoms with Crippen LogP contribution in [0.3, 0.4) is 0 Å². The van der Waals surface area contributed by atoms with E-state index >= 15 is 0 Å². The topological polar surface area (TPSA) is 43.9 Å². The number of nitrogens with zero attached hydrogens (tertiary/aromatic N) is 3. The molecule has 0 aliphatic carbocycles. The Hall–Kier alpha value is -1.88. The molecule has 2 aliphatic rings. The van der Waals surface area contributed by atoms with E-state index in [1.165, 1.54) is 24.8 Å². The van der Waals surface area contributed by atoms with Crippen LogP contribution in [0.15, 0.2) is 30.3 Å². The van der Waals surface area contributed by atoms with E-state index < -0.39 is 0 Å². The van der Waals surface area contributed by atoms with Crippen molar-refractivity contribution < 1.29 is 9.59 Å². The fourth-order valence-electron chi connectivity index (χ4n) is 4.02. The van der Waals surface area contributed by atoms with E-state index in [4.69, 9.17) is 0 Å². The SMILES string of the molecule is CN1CCCCC1CCC(=O)N1CCN(CCc2ccccc2)C(=O)C1. The van der Waals surface area contributed by atoms with Crippen LogP contribution in [0.4, 0.5) is 0 Å². The Morgan fingerprint density at radius 3 is 2.65 bits per heavy atom. The first-order valence-corrected chi connectivity index (χ1v) is 9.93. The number of hydrogen-bond donors (Lipinski definition) is 0. The standard InChI is InChI=1S/C21H31N3O2/c1-22-13-6-5-9-19(22)10-11-20(25)24-16-15-23(21(26)17-24)14-12-18-7-3-2-4-8-18/h2-4,7-8,19H,5-6,9-17H2,1H3. The lowest BCUT2D eigenvalue weighted by Crippen LogP contribution is -2.52. The van der Waals surface area contributed by atoms with Crippen molar-refractivity contribution in [2.45, 2.75) is 44.6 Å². The van der Waals surface area contributed by atoms with Crippen molar-refractivity contribution in [3.8, 4) is 0 Å². The number of piperidine rings is 1. The van der Waals surface area contributed by atoms with E-state index in [1.54, 1.807) is 4.90 Å². The van der Waals surface area contributed by atoms with Crippen LogP contribution in [0.5, 0.6) is 0 Å². The number of carbonyl (C=O) groups is 2. The van der Waals surface area contributed by atoms with E-state index in [0.29, 0.717) is 25.6 Å². The van der Waals surface area contributed by atoms with Gasteiger partial charge in [0, 0.05) is 32.1 Å². The molecule has 1 atom stereocenters. The molecule has 2 heterocycles. The van der Waals surface area contributed by atoms with E-state index in [2.05, 4.69) is 24.1 Å². The quantitative estimate of drug-likeness (QED) is 0.784. The first-order chi connectivity index (χ1) is 12.6. The van der Waals surface area contributed by atoms with Gasteiger partial charge in [-0.15, -0.1) is 0 Å². The molecule has 2 fully saturated rings. The third-order valence-electron chi connectivity index (χ3n) is 5.80. The normalized spacial score (nSPS) is 21.9. The van der Waals surface area contributed by atoms with Crippen LogP contribution in [0, 0.1) is 0 Å². The van der Waals surface area contributed by atoms with Crippen molar-refractivity contribution in [1.29, 1.82) is 0 Å². The minimum absolute atomic E-state index is 0.0790. The van der Waals surface area contributed by atoms with Crippen LogP contribution in [0.25, 0.3) is 0 Å². The van der Waals surface area contributed by atoms with Gasteiger partial charge in [0.2, 0.25) is 11.8 Å². The number of rotatable bonds is 6. The van der Waals surface area contributed by atoms with Gasteiger partial charge in [0.15, 0.2) is 0 Å². The predicted molar refractivity (Wildman–Crippen MR) is 103 cm³/mol. The van der Waals surface area contributed by atoms with Crippen LogP contribution in [0.2, 0.25) is 0 Å². The molecule has 2 aliphatic heterocycles. The molecule has 26 heavy (non-hydrogen) atoms. The zero-order chi connectivity index (χ0) is 18.4. The van der Waals surface area contributed by atoms with Gasteiger partial charge in [0.05, 0.1) is 6.54 Å². The van der Waals surface area contributed by atoms with Gasteiger partial charge in [-0.3, -0.25) is 9.59 Å². The average Bonchev–Trinajstić information content (AvgIpc) is 2.67. The molecule has 0 aromatic heterocycles. The maximum atomic E-state index is 12.5. The number of carbonyl (C=O) groups excluding carboxylic acids is 2. The van der Waals surface area contributed by atoms with Gasteiger partial charge < -0.3 is 14.7 Å². The Morgan fingerprint density at radius 2 is 1.92 bits per heavy atom. The maximum Gasteiger partial charge on any atom is 0.242 e. The van der Waals surface area contributed by atoms with Gasteiger partial charge in [-0.25, -0.2) is 0 Å². The molecule has 1 aromatic rings. The van der Waals surface area contributed by atoms with E-state index in [9.17, 15) is 9.59 Å². The third kappa shape index (κ3) is 5.07. The third-order valence-corrected chi connectivity index (χ3v) is 5.80. The lowest BCUT2D eigenvalue weighted by molar-refractivity contribution is -0.145. The minimum Gasteiger partial charge on any atom is -0.339 e. The molecule has 0 saturated carbocycles. The van der Waals surface area contributed by atoms with Gasteiger partial charge in [0.1, 0.15) is 0 Å². The largest absolute Gasteiger partial charge is 0.339 e. The summed E-state index contributed by atoms with van der Waals surface area (Å²) in [6, 6.07) is 10.8. The molecular weight excluding hydrogens is 326 g/mol. The molecule has 5 nitrogen and oxygen atoms in total. The predicted octanol–water partition coefficient (Wildman–Crippen LogP) is 2.16. The molecule has 1 unspecified atom stereocenters. The molecule has 0 radical (unpaired) electrons. The van der Waals surface area contributed by atoms with Crippen LogP contribution in [-0.4, -0.2) is 72.3 Å². The van der Waals surface area contributed by atoms with Crippen LogP contribution >= 0.6 is 0 Å². The molecule has 0 spiro atoms. The second kappa shape index (κ2) is 9.17. The lowest BCUT2D eigenvalue weighted by Gasteiger charge is -2.36. The summed E-state index contributed by atoms with van der Waals surface area (Å²) < 4.78 is 0. The van der Waals surface area contributed by atoms with Crippen LogP contribution < -0.4 is 0 Å². The molecule has 5 heteroatoms. The fourth-order valence-corrected chi connectivity index (χ4v) is 4.02. The van der Waals surface area contributed by atoms with Crippen molar-refractivity contribution in [1.82, 2.24) is 14.7 Å². The van der Waals surface area contributed by atoms with Crippen molar-refractivity contribution in [3.63, 3.8) is 0 Å². The summed E-state index contributed by atoms with van der Waals surface area (Å²) in [6.45, 7) is 3.43. The first-order valence-electron chi connectivity index (χ1n) is 9.93. The summed E-state index contributed by atoms with van der Waals surface area (Å²) in [5.74, 6) is 0.218. The highest BCUT2D eigenvalue weighted by Crippen LogP contribution is 2.19. The highest BCUT2D eigenvalue weighted by molar-refractivity contribution is 5.86. The van der Waals surface area contributed by atoms with Crippen LogP contribution in [-0.2, 0) is 16.0 Å². The van der Waals surface area contributed by atoms with E-state index in [1.807, 2.05) is 23.1 Å². The summed E-state index contributed by atoms with van der Waals surface area (Å²) in [7, 11) is 2.16. The number of likely N-dealkylation sites (tertiary alicyclic amines) is 1. The molecule has 0 bridgehead atoms. The molecule has 2 saturated heterocycles. The molecule has 142 valence electrons. The summed E-state index contributed by atoms with van der Waals surface area (Å²) in [5, 5.41) is 0. The summed E-state index contributed by atoms with van der Waals surface area (Å²) >= 11 is 0. The molecule has 2 amide bonds. The van der Waals surface area contributed by atoms with Crippen LogP contribution in [0.1, 0.15) is 37.7 Å².